The zero-order chi connectivity index (χ0) is 15.3. The number of halogens is 1. The van der Waals surface area contributed by atoms with Crippen LogP contribution in [0.15, 0.2) is 24.3 Å². The lowest BCUT2D eigenvalue weighted by Gasteiger charge is -2.42. The fraction of sp³-hybridized carbons (Fsp3) is 0.667. The quantitative estimate of drug-likeness (QED) is 0.859. The van der Waals surface area contributed by atoms with E-state index in [1.165, 1.54) is 12.0 Å². The minimum absolute atomic E-state index is 0.0474. The number of hydrogen-bond acceptors (Lipinski definition) is 2. The predicted octanol–water partition coefficient (Wildman–Crippen LogP) is 3.90. The van der Waals surface area contributed by atoms with Crippen molar-refractivity contribution < 1.29 is 9.13 Å². The molecule has 118 valence electrons. The Labute approximate surface area is 128 Å². The van der Waals surface area contributed by atoms with Crippen LogP contribution in [-0.2, 0) is 10.2 Å². The van der Waals surface area contributed by atoms with Crippen LogP contribution < -0.4 is 5.32 Å². The van der Waals surface area contributed by atoms with Crippen molar-refractivity contribution in [3.63, 3.8) is 0 Å². The first-order valence-corrected chi connectivity index (χ1v) is 8.13. The van der Waals surface area contributed by atoms with Crippen molar-refractivity contribution in [3.8, 4) is 0 Å². The molecule has 1 saturated heterocycles. The predicted molar refractivity (Wildman–Crippen MR) is 85.1 cm³/mol. The molecule has 2 unspecified atom stereocenters. The third kappa shape index (κ3) is 4.04. The third-order valence-corrected chi connectivity index (χ3v) is 4.65. The summed E-state index contributed by atoms with van der Waals surface area (Å²) >= 11 is 0. The van der Waals surface area contributed by atoms with Crippen molar-refractivity contribution in [2.75, 3.05) is 19.8 Å². The topological polar surface area (TPSA) is 21.3 Å². The second-order valence-corrected chi connectivity index (χ2v) is 6.64. The number of rotatable bonds is 6. The molecule has 0 aliphatic carbocycles. The van der Waals surface area contributed by atoms with Gasteiger partial charge in [0.25, 0.3) is 0 Å². The Morgan fingerprint density at radius 3 is 2.62 bits per heavy atom. The van der Waals surface area contributed by atoms with Crippen molar-refractivity contribution in [2.45, 2.75) is 51.5 Å². The standard InChI is InChI=1S/C18H28FNO/c1-4-11-20-17(14-6-5-12-21-13-14)18(2,3)15-7-9-16(19)10-8-15/h7-10,14,17,20H,4-6,11-13H2,1-3H3. The van der Waals surface area contributed by atoms with Gasteiger partial charge in [-0.1, -0.05) is 32.9 Å². The highest BCUT2D eigenvalue weighted by Crippen LogP contribution is 2.34. The zero-order valence-corrected chi connectivity index (χ0v) is 13.5. The van der Waals surface area contributed by atoms with Crippen molar-refractivity contribution in [3.05, 3.63) is 35.6 Å². The molecule has 1 aliphatic heterocycles. The second kappa shape index (κ2) is 7.37. The van der Waals surface area contributed by atoms with Gasteiger partial charge >= 0.3 is 0 Å². The zero-order valence-electron chi connectivity index (χ0n) is 13.5. The molecule has 1 N–H and O–H groups in total. The molecule has 1 aromatic rings. The van der Waals surface area contributed by atoms with Crippen LogP contribution >= 0.6 is 0 Å². The Kier molecular flexibility index (Phi) is 5.77. The lowest BCUT2D eigenvalue weighted by molar-refractivity contribution is 0.0268. The maximum atomic E-state index is 13.2. The van der Waals surface area contributed by atoms with Crippen molar-refractivity contribution >= 4 is 0 Å². The van der Waals surface area contributed by atoms with Gasteiger partial charge in [0.05, 0.1) is 6.61 Å². The summed E-state index contributed by atoms with van der Waals surface area (Å²) in [5.74, 6) is 0.346. The average Bonchev–Trinajstić information content (AvgIpc) is 2.49. The van der Waals surface area contributed by atoms with E-state index < -0.39 is 0 Å². The fourth-order valence-corrected chi connectivity index (χ4v) is 3.40. The highest BCUT2D eigenvalue weighted by Gasteiger charge is 2.37. The summed E-state index contributed by atoms with van der Waals surface area (Å²) in [4.78, 5) is 0. The van der Waals surface area contributed by atoms with Crippen LogP contribution in [0.2, 0.25) is 0 Å². The van der Waals surface area contributed by atoms with Gasteiger partial charge in [0.15, 0.2) is 0 Å². The first-order valence-electron chi connectivity index (χ1n) is 8.13. The van der Waals surface area contributed by atoms with E-state index in [0.29, 0.717) is 12.0 Å². The summed E-state index contributed by atoms with van der Waals surface area (Å²) in [6.07, 6.45) is 3.45. The molecule has 1 aliphatic rings. The summed E-state index contributed by atoms with van der Waals surface area (Å²) < 4.78 is 18.9. The van der Waals surface area contributed by atoms with Crippen LogP contribution in [0.3, 0.4) is 0 Å². The van der Waals surface area contributed by atoms with E-state index in [1.807, 2.05) is 12.1 Å². The molecule has 2 nitrogen and oxygen atoms in total. The Hall–Kier alpha value is -0.930. The van der Waals surface area contributed by atoms with Gasteiger partial charge in [-0.3, -0.25) is 0 Å². The number of ether oxygens (including phenoxy) is 1. The molecule has 0 amide bonds. The summed E-state index contributed by atoms with van der Waals surface area (Å²) in [5.41, 5.74) is 1.14. The first kappa shape index (κ1) is 16.4. The van der Waals surface area contributed by atoms with Gasteiger partial charge < -0.3 is 10.1 Å². The van der Waals surface area contributed by atoms with Crippen LogP contribution in [0.4, 0.5) is 4.39 Å². The maximum Gasteiger partial charge on any atom is 0.123 e. The van der Waals surface area contributed by atoms with Gasteiger partial charge in [0.1, 0.15) is 5.82 Å². The summed E-state index contributed by atoms with van der Waals surface area (Å²) in [7, 11) is 0. The molecule has 21 heavy (non-hydrogen) atoms. The molecule has 0 radical (unpaired) electrons. The van der Waals surface area contributed by atoms with Crippen molar-refractivity contribution in [1.29, 1.82) is 0 Å². The van der Waals surface area contributed by atoms with Crippen LogP contribution in [0.1, 0.15) is 45.6 Å². The number of benzene rings is 1. The molecule has 0 aromatic heterocycles. The lowest BCUT2D eigenvalue weighted by atomic mass is 9.71. The third-order valence-electron chi connectivity index (χ3n) is 4.65. The van der Waals surface area contributed by atoms with Gasteiger partial charge in [-0.25, -0.2) is 4.39 Å². The van der Waals surface area contributed by atoms with E-state index in [1.54, 1.807) is 12.1 Å². The minimum atomic E-state index is -0.173. The molecule has 1 heterocycles. The highest BCUT2D eigenvalue weighted by atomic mass is 19.1. The van der Waals surface area contributed by atoms with Crippen LogP contribution in [0.25, 0.3) is 0 Å². The molecule has 2 atom stereocenters. The van der Waals surface area contributed by atoms with E-state index >= 15 is 0 Å². The van der Waals surface area contributed by atoms with Gasteiger partial charge in [-0.2, -0.15) is 0 Å². The molecule has 0 spiro atoms. The molecule has 3 heteroatoms. The Morgan fingerprint density at radius 1 is 1.33 bits per heavy atom. The first-order chi connectivity index (χ1) is 10.1. The summed E-state index contributed by atoms with van der Waals surface area (Å²) in [6.45, 7) is 9.41. The molecule has 0 saturated carbocycles. The van der Waals surface area contributed by atoms with Gasteiger partial charge in [-0.15, -0.1) is 0 Å². The molecule has 1 fully saturated rings. The average molecular weight is 293 g/mol. The minimum Gasteiger partial charge on any atom is -0.381 e. The van der Waals surface area contributed by atoms with Crippen LogP contribution in [-0.4, -0.2) is 25.8 Å². The summed E-state index contributed by atoms with van der Waals surface area (Å²) in [5, 5.41) is 3.72. The molecule has 2 rings (SSSR count). The highest BCUT2D eigenvalue weighted by molar-refractivity contribution is 5.27. The van der Waals surface area contributed by atoms with Crippen molar-refractivity contribution in [2.24, 2.45) is 5.92 Å². The van der Waals surface area contributed by atoms with E-state index in [2.05, 4.69) is 26.1 Å². The van der Waals surface area contributed by atoms with E-state index in [4.69, 9.17) is 4.74 Å². The Balaban J connectivity index is 2.21. The fourth-order valence-electron chi connectivity index (χ4n) is 3.40. The largest absolute Gasteiger partial charge is 0.381 e. The lowest BCUT2D eigenvalue weighted by Crippen LogP contribution is -2.52. The van der Waals surface area contributed by atoms with E-state index in [9.17, 15) is 4.39 Å². The summed E-state index contributed by atoms with van der Waals surface area (Å²) in [6, 6.07) is 7.30. The molecular formula is C18H28FNO. The Bertz CT molecular complexity index is 423. The van der Waals surface area contributed by atoms with Gasteiger partial charge in [0, 0.05) is 18.1 Å². The number of nitrogens with one attached hydrogen (secondary N) is 1. The van der Waals surface area contributed by atoms with Crippen molar-refractivity contribution in [1.82, 2.24) is 5.32 Å². The maximum absolute atomic E-state index is 13.2. The van der Waals surface area contributed by atoms with Gasteiger partial charge in [-0.05, 0) is 49.4 Å². The SMILES string of the molecule is CCCNC(C1CCCOC1)C(C)(C)c1ccc(F)cc1. The second-order valence-electron chi connectivity index (χ2n) is 6.64. The normalized spacial score (nSPS) is 21.2. The monoisotopic (exact) mass is 293 g/mol. The molecular weight excluding hydrogens is 265 g/mol. The molecule has 0 bridgehead atoms. The Morgan fingerprint density at radius 2 is 2.05 bits per heavy atom. The van der Waals surface area contributed by atoms with E-state index in [0.717, 1.165) is 32.6 Å². The molecule has 1 aromatic carbocycles. The van der Waals surface area contributed by atoms with Gasteiger partial charge in [0.2, 0.25) is 0 Å². The van der Waals surface area contributed by atoms with Crippen LogP contribution in [0, 0.1) is 11.7 Å². The smallest absolute Gasteiger partial charge is 0.123 e. The number of hydrogen-bond donors (Lipinski definition) is 1. The van der Waals surface area contributed by atoms with E-state index in [-0.39, 0.29) is 11.2 Å². The van der Waals surface area contributed by atoms with Crippen LogP contribution in [0.5, 0.6) is 0 Å².